The smallest absolute Gasteiger partial charge is 0.182 e. The molecule has 19 heavy (non-hydrogen) atoms. The summed E-state index contributed by atoms with van der Waals surface area (Å²) in [5.74, 6) is 0.780. The van der Waals surface area contributed by atoms with E-state index in [9.17, 15) is 0 Å². The van der Waals surface area contributed by atoms with Crippen molar-refractivity contribution < 1.29 is 0 Å². The van der Waals surface area contributed by atoms with Gasteiger partial charge in [0.1, 0.15) is 5.65 Å². The molecule has 0 unspecified atom stereocenters. The van der Waals surface area contributed by atoms with Crippen molar-refractivity contribution in [3.63, 3.8) is 0 Å². The molecule has 0 saturated carbocycles. The van der Waals surface area contributed by atoms with Gasteiger partial charge in [-0.1, -0.05) is 24.3 Å². The van der Waals surface area contributed by atoms with Gasteiger partial charge >= 0.3 is 0 Å². The van der Waals surface area contributed by atoms with Crippen molar-refractivity contribution in [3.8, 4) is 0 Å². The van der Waals surface area contributed by atoms with Crippen LogP contribution >= 0.6 is 0 Å². The molecule has 0 aliphatic rings. The number of nitrogens with zero attached hydrogens (tertiary/aromatic N) is 4. The number of imidazole rings is 1. The van der Waals surface area contributed by atoms with Crippen LogP contribution < -0.4 is 0 Å². The van der Waals surface area contributed by atoms with Gasteiger partial charge in [0.05, 0.1) is 11.4 Å². The second kappa shape index (κ2) is 4.65. The van der Waals surface area contributed by atoms with Crippen LogP contribution in [-0.2, 0) is 0 Å². The number of azo groups is 1. The number of rotatable bonds is 2. The minimum atomic E-state index is 0.780. The van der Waals surface area contributed by atoms with Crippen molar-refractivity contribution in [2.24, 2.45) is 10.2 Å². The highest BCUT2D eigenvalue weighted by atomic mass is 15.2. The third kappa shape index (κ3) is 2.25. The second-order valence-corrected chi connectivity index (χ2v) is 4.49. The van der Waals surface area contributed by atoms with Gasteiger partial charge in [0.25, 0.3) is 0 Å². The molecule has 0 fully saturated rings. The quantitative estimate of drug-likeness (QED) is 0.623. The summed E-state index contributed by atoms with van der Waals surface area (Å²) < 4.78 is 1.97. The van der Waals surface area contributed by atoms with Gasteiger partial charge in [0, 0.05) is 6.20 Å². The van der Waals surface area contributed by atoms with Crippen molar-refractivity contribution in [1.82, 2.24) is 9.38 Å². The van der Waals surface area contributed by atoms with E-state index in [1.807, 2.05) is 66.9 Å². The summed E-state index contributed by atoms with van der Waals surface area (Å²) in [4.78, 5) is 4.48. The molecular formula is C15H14N4. The average Bonchev–Trinajstić information content (AvgIpc) is 2.73. The van der Waals surface area contributed by atoms with E-state index in [0.717, 1.165) is 22.8 Å². The first-order valence-electron chi connectivity index (χ1n) is 6.16. The molecular weight excluding hydrogens is 236 g/mol. The summed E-state index contributed by atoms with van der Waals surface area (Å²) in [6.45, 7) is 3.99. The minimum absolute atomic E-state index is 0.780. The number of hydrogen-bond acceptors (Lipinski definition) is 3. The summed E-state index contributed by atoms with van der Waals surface area (Å²) in [7, 11) is 0. The van der Waals surface area contributed by atoms with Crippen molar-refractivity contribution >= 4 is 17.2 Å². The van der Waals surface area contributed by atoms with Crippen LogP contribution in [0.1, 0.15) is 11.3 Å². The van der Waals surface area contributed by atoms with Gasteiger partial charge in [-0.05, 0) is 37.6 Å². The van der Waals surface area contributed by atoms with Gasteiger partial charge in [0.15, 0.2) is 5.82 Å². The molecule has 0 aliphatic carbocycles. The molecule has 0 spiro atoms. The lowest BCUT2D eigenvalue weighted by Gasteiger charge is -1.98. The summed E-state index contributed by atoms with van der Waals surface area (Å²) in [6.07, 6.45) is 2.02. The highest BCUT2D eigenvalue weighted by Gasteiger charge is 2.07. The molecule has 3 rings (SSSR count). The maximum atomic E-state index is 4.48. The highest BCUT2D eigenvalue weighted by molar-refractivity contribution is 5.52. The maximum Gasteiger partial charge on any atom is 0.182 e. The number of aromatic nitrogens is 2. The third-order valence-corrected chi connectivity index (χ3v) is 2.93. The van der Waals surface area contributed by atoms with E-state index < -0.39 is 0 Å². The Kier molecular flexibility index (Phi) is 2.83. The van der Waals surface area contributed by atoms with E-state index >= 15 is 0 Å². The Morgan fingerprint density at radius 2 is 1.74 bits per heavy atom. The summed E-state index contributed by atoms with van der Waals surface area (Å²) in [5.41, 5.74) is 3.78. The van der Waals surface area contributed by atoms with Crippen LogP contribution in [0.25, 0.3) is 5.65 Å². The lowest BCUT2D eigenvalue weighted by atomic mass is 10.3. The zero-order valence-corrected chi connectivity index (χ0v) is 10.9. The molecule has 4 heteroatoms. The third-order valence-electron chi connectivity index (χ3n) is 2.93. The predicted molar refractivity (Wildman–Crippen MR) is 75.3 cm³/mol. The molecule has 0 N–H and O–H groups in total. The molecule has 1 aromatic carbocycles. The van der Waals surface area contributed by atoms with Crippen LogP contribution in [0.15, 0.2) is 58.9 Å². The zero-order chi connectivity index (χ0) is 13.2. The second-order valence-electron chi connectivity index (χ2n) is 4.49. The van der Waals surface area contributed by atoms with Gasteiger partial charge in [0.2, 0.25) is 0 Å². The average molecular weight is 250 g/mol. The van der Waals surface area contributed by atoms with Crippen molar-refractivity contribution in [2.75, 3.05) is 0 Å². The van der Waals surface area contributed by atoms with E-state index in [0.29, 0.717) is 0 Å². The normalized spacial score (nSPS) is 11.5. The number of hydrogen-bond donors (Lipinski definition) is 0. The number of benzene rings is 1. The number of pyridine rings is 1. The van der Waals surface area contributed by atoms with Crippen molar-refractivity contribution in [1.29, 1.82) is 0 Å². The first-order valence-corrected chi connectivity index (χ1v) is 6.16. The fourth-order valence-electron chi connectivity index (χ4n) is 1.98. The predicted octanol–water partition coefficient (Wildman–Crippen LogP) is 4.37. The topological polar surface area (TPSA) is 42.0 Å². The summed E-state index contributed by atoms with van der Waals surface area (Å²) in [5, 5.41) is 8.58. The van der Waals surface area contributed by atoms with Crippen LogP contribution in [-0.4, -0.2) is 9.38 Å². The lowest BCUT2D eigenvalue weighted by Crippen LogP contribution is -1.84. The Morgan fingerprint density at radius 3 is 2.53 bits per heavy atom. The first-order chi connectivity index (χ1) is 9.24. The van der Waals surface area contributed by atoms with Crippen molar-refractivity contribution in [2.45, 2.75) is 13.8 Å². The van der Waals surface area contributed by atoms with Gasteiger partial charge < -0.3 is 0 Å². The van der Waals surface area contributed by atoms with Gasteiger partial charge in [-0.15, -0.1) is 10.2 Å². The molecule has 0 aliphatic heterocycles. The molecule has 0 amide bonds. The summed E-state index contributed by atoms with van der Waals surface area (Å²) in [6, 6.07) is 13.7. The van der Waals surface area contributed by atoms with Crippen LogP contribution in [0.3, 0.4) is 0 Å². The van der Waals surface area contributed by atoms with E-state index in [-0.39, 0.29) is 0 Å². The van der Waals surface area contributed by atoms with Gasteiger partial charge in [-0.2, -0.15) is 0 Å². The molecule has 4 nitrogen and oxygen atoms in total. The molecule has 0 radical (unpaired) electrons. The maximum absolute atomic E-state index is 4.48. The molecule has 3 aromatic rings. The molecule has 2 heterocycles. The Hall–Kier alpha value is -2.49. The van der Waals surface area contributed by atoms with Crippen molar-refractivity contribution in [3.05, 3.63) is 59.9 Å². The standard InChI is InChI=1S/C15H14N4/c1-11-8-9-14-16-12(2)15(19(14)10-11)18-17-13-6-4-3-5-7-13/h3-10H,1-2H3. The van der Waals surface area contributed by atoms with E-state index in [1.165, 1.54) is 5.56 Å². The van der Waals surface area contributed by atoms with Crippen LogP contribution in [0.2, 0.25) is 0 Å². The van der Waals surface area contributed by atoms with Gasteiger partial charge in [-0.3, -0.25) is 4.40 Å². The largest absolute Gasteiger partial charge is 0.283 e. The minimum Gasteiger partial charge on any atom is -0.283 e. The monoisotopic (exact) mass is 250 g/mol. The van der Waals surface area contributed by atoms with E-state index in [4.69, 9.17) is 0 Å². The first kappa shape index (κ1) is 11.6. The molecule has 94 valence electrons. The molecule has 0 bridgehead atoms. The van der Waals surface area contributed by atoms with E-state index in [1.54, 1.807) is 0 Å². The number of fused-ring (bicyclic) bond motifs is 1. The number of aryl methyl sites for hydroxylation is 2. The van der Waals surface area contributed by atoms with E-state index in [2.05, 4.69) is 15.2 Å². The Balaban J connectivity index is 2.07. The summed E-state index contributed by atoms with van der Waals surface area (Å²) >= 11 is 0. The molecule has 0 atom stereocenters. The fourth-order valence-corrected chi connectivity index (χ4v) is 1.98. The fraction of sp³-hybridized carbons (Fsp3) is 0.133. The molecule has 2 aromatic heterocycles. The van der Waals surface area contributed by atoms with Crippen LogP contribution in [0.5, 0.6) is 0 Å². The zero-order valence-electron chi connectivity index (χ0n) is 10.9. The Morgan fingerprint density at radius 1 is 0.947 bits per heavy atom. The molecule has 0 saturated heterocycles. The highest BCUT2D eigenvalue weighted by Crippen LogP contribution is 2.23. The van der Waals surface area contributed by atoms with Crippen LogP contribution in [0.4, 0.5) is 11.5 Å². The lowest BCUT2D eigenvalue weighted by molar-refractivity contribution is 1.08. The Labute approximate surface area is 111 Å². The Bertz CT molecular complexity index is 741. The van der Waals surface area contributed by atoms with Gasteiger partial charge in [-0.25, -0.2) is 4.98 Å². The SMILES string of the molecule is Cc1ccc2nc(C)c(N=Nc3ccccc3)n2c1. The van der Waals surface area contributed by atoms with Crippen LogP contribution in [0, 0.1) is 13.8 Å².